The van der Waals surface area contributed by atoms with Gasteiger partial charge >= 0.3 is 0 Å². The first-order chi connectivity index (χ1) is 7.77. The summed E-state index contributed by atoms with van der Waals surface area (Å²) in [5.74, 6) is 0.767. The Morgan fingerprint density at radius 2 is 2.06 bits per heavy atom. The number of nitrogen functional groups attached to an aromatic ring is 1. The van der Waals surface area contributed by atoms with Crippen molar-refractivity contribution < 1.29 is 4.74 Å². The van der Waals surface area contributed by atoms with Crippen molar-refractivity contribution in [1.82, 2.24) is 0 Å². The van der Waals surface area contributed by atoms with Crippen molar-refractivity contribution >= 4 is 21.6 Å². The van der Waals surface area contributed by atoms with Crippen LogP contribution in [-0.2, 0) is 11.3 Å². The van der Waals surface area contributed by atoms with Gasteiger partial charge in [-0.25, -0.2) is 0 Å². The summed E-state index contributed by atoms with van der Waals surface area (Å²) in [6, 6.07) is 5.86. The molecule has 0 bridgehead atoms. The molecular formula is C13H18BrNO. The summed E-state index contributed by atoms with van der Waals surface area (Å²) in [5.41, 5.74) is 7.78. The molecule has 2 nitrogen and oxygen atoms in total. The molecule has 1 aromatic carbocycles. The third-order valence-electron chi connectivity index (χ3n) is 3.23. The van der Waals surface area contributed by atoms with E-state index < -0.39 is 0 Å². The maximum absolute atomic E-state index is 5.91. The molecule has 1 aliphatic carbocycles. The lowest BCUT2D eigenvalue weighted by atomic mass is 10.1. The van der Waals surface area contributed by atoms with E-state index in [0.717, 1.165) is 28.2 Å². The zero-order valence-electron chi connectivity index (χ0n) is 9.42. The van der Waals surface area contributed by atoms with Gasteiger partial charge in [0.15, 0.2) is 0 Å². The van der Waals surface area contributed by atoms with Gasteiger partial charge in [-0.15, -0.1) is 0 Å². The van der Waals surface area contributed by atoms with Gasteiger partial charge in [-0.1, -0.05) is 34.8 Å². The Labute approximate surface area is 105 Å². The zero-order valence-corrected chi connectivity index (χ0v) is 11.0. The lowest BCUT2D eigenvalue weighted by Gasteiger charge is -2.12. The van der Waals surface area contributed by atoms with E-state index in [0.29, 0.717) is 6.61 Å². The fraction of sp³-hybridized carbons (Fsp3) is 0.538. The Morgan fingerprint density at radius 3 is 2.75 bits per heavy atom. The Balaban J connectivity index is 1.84. The summed E-state index contributed by atoms with van der Waals surface area (Å²) < 4.78 is 6.80. The number of nitrogens with two attached hydrogens (primary N) is 1. The fourth-order valence-electron chi connectivity index (χ4n) is 2.23. The maximum Gasteiger partial charge on any atom is 0.0748 e. The number of anilines is 1. The lowest BCUT2D eigenvalue weighted by molar-refractivity contribution is 0.0889. The van der Waals surface area contributed by atoms with Crippen LogP contribution in [0.3, 0.4) is 0 Å². The molecular weight excluding hydrogens is 266 g/mol. The van der Waals surface area contributed by atoms with E-state index in [4.69, 9.17) is 10.5 Å². The first-order valence-corrected chi connectivity index (χ1v) is 6.67. The van der Waals surface area contributed by atoms with Crippen LogP contribution < -0.4 is 5.73 Å². The third kappa shape index (κ3) is 2.98. The van der Waals surface area contributed by atoms with Gasteiger partial charge in [0.05, 0.1) is 6.61 Å². The normalized spacial score (nSPS) is 16.8. The van der Waals surface area contributed by atoms with Gasteiger partial charge in [-0.3, -0.25) is 0 Å². The molecule has 1 fully saturated rings. The topological polar surface area (TPSA) is 35.2 Å². The zero-order chi connectivity index (χ0) is 11.4. The SMILES string of the molecule is Nc1cccc(Br)c1COCC1CCCC1. The summed E-state index contributed by atoms with van der Waals surface area (Å²) in [6.45, 7) is 1.49. The first kappa shape index (κ1) is 11.9. The molecule has 88 valence electrons. The number of benzene rings is 1. The molecule has 0 unspecified atom stereocenters. The van der Waals surface area contributed by atoms with Crippen LogP contribution in [0.5, 0.6) is 0 Å². The fourth-order valence-corrected chi connectivity index (χ4v) is 2.73. The van der Waals surface area contributed by atoms with Crippen LogP contribution in [-0.4, -0.2) is 6.61 Å². The minimum atomic E-state index is 0.615. The molecule has 0 heterocycles. The Kier molecular flexibility index (Phi) is 4.24. The van der Waals surface area contributed by atoms with Gasteiger partial charge in [0.25, 0.3) is 0 Å². The Bertz CT molecular complexity index is 328. The van der Waals surface area contributed by atoms with Crippen molar-refractivity contribution in [1.29, 1.82) is 0 Å². The maximum atomic E-state index is 5.91. The van der Waals surface area contributed by atoms with E-state index in [1.807, 2.05) is 18.2 Å². The van der Waals surface area contributed by atoms with Crippen molar-refractivity contribution in [2.24, 2.45) is 5.92 Å². The Morgan fingerprint density at radius 1 is 1.31 bits per heavy atom. The van der Waals surface area contributed by atoms with E-state index in [2.05, 4.69) is 15.9 Å². The highest BCUT2D eigenvalue weighted by Gasteiger charge is 2.15. The molecule has 16 heavy (non-hydrogen) atoms. The number of hydrogen-bond donors (Lipinski definition) is 1. The van der Waals surface area contributed by atoms with Crippen LogP contribution in [0.4, 0.5) is 5.69 Å². The second-order valence-electron chi connectivity index (χ2n) is 4.47. The van der Waals surface area contributed by atoms with Crippen molar-refractivity contribution in [3.8, 4) is 0 Å². The molecule has 0 aromatic heterocycles. The summed E-state index contributed by atoms with van der Waals surface area (Å²) >= 11 is 3.50. The molecule has 0 atom stereocenters. The molecule has 0 amide bonds. The Hall–Kier alpha value is -0.540. The minimum absolute atomic E-state index is 0.615. The van der Waals surface area contributed by atoms with Crippen LogP contribution >= 0.6 is 15.9 Å². The predicted molar refractivity (Wildman–Crippen MR) is 70.2 cm³/mol. The smallest absolute Gasteiger partial charge is 0.0748 e. The first-order valence-electron chi connectivity index (χ1n) is 5.88. The monoisotopic (exact) mass is 283 g/mol. The summed E-state index contributed by atoms with van der Waals surface area (Å²) in [4.78, 5) is 0. The largest absolute Gasteiger partial charge is 0.398 e. The highest BCUT2D eigenvalue weighted by molar-refractivity contribution is 9.10. The van der Waals surface area contributed by atoms with Crippen LogP contribution in [0.1, 0.15) is 31.2 Å². The van der Waals surface area contributed by atoms with E-state index in [1.54, 1.807) is 0 Å². The third-order valence-corrected chi connectivity index (χ3v) is 3.97. The average molecular weight is 284 g/mol. The van der Waals surface area contributed by atoms with Crippen molar-refractivity contribution in [3.05, 3.63) is 28.2 Å². The van der Waals surface area contributed by atoms with Crippen molar-refractivity contribution in [3.63, 3.8) is 0 Å². The van der Waals surface area contributed by atoms with E-state index in [-0.39, 0.29) is 0 Å². The van der Waals surface area contributed by atoms with E-state index >= 15 is 0 Å². The summed E-state index contributed by atoms with van der Waals surface area (Å²) in [6.07, 6.45) is 5.38. The van der Waals surface area contributed by atoms with E-state index in [1.165, 1.54) is 25.7 Å². The van der Waals surface area contributed by atoms with Crippen molar-refractivity contribution in [2.75, 3.05) is 12.3 Å². The number of ether oxygens (including phenoxy) is 1. The molecule has 1 aromatic rings. The van der Waals surface area contributed by atoms with E-state index in [9.17, 15) is 0 Å². The minimum Gasteiger partial charge on any atom is -0.398 e. The second-order valence-corrected chi connectivity index (χ2v) is 5.33. The molecule has 0 radical (unpaired) electrons. The van der Waals surface area contributed by atoms with Crippen molar-refractivity contribution in [2.45, 2.75) is 32.3 Å². The van der Waals surface area contributed by atoms with Crippen LogP contribution in [0.2, 0.25) is 0 Å². The molecule has 1 aliphatic rings. The number of halogens is 1. The predicted octanol–water partition coefficient (Wildman–Crippen LogP) is 3.74. The van der Waals surface area contributed by atoms with Crippen LogP contribution in [0.25, 0.3) is 0 Å². The summed E-state index contributed by atoms with van der Waals surface area (Å²) in [7, 11) is 0. The van der Waals surface area contributed by atoms with Gasteiger partial charge in [0.2, 0.25) is 0 Å². The van der Waals surface area contributed by atoms with Gasteiger partial charge in [0, 0.05) is 22.3 Å². The second kappa shape index (κ2) is 5.69. The molecule has 1 saturated carbocycles. The summed E-state index contributed by atoms with van der Waals surface area (Å²) in [5, 5.41) is 0. The average Bonchev–Trinajstić information content (AvgIpc) is 2.75. The highest BCUT2D eigenvalue weighted by Crippen LogP contribution is 2.27. The quantitative estimate of drug-likeness (QED) is 0.855. The van der Waals surface area contributed by atoms with Gasteiger partial charge in [-0.05, 0) is 30.9 Å². The molecule has 2 rings (SSSR count). The standard InChI is InChI=1S/C13H18BrNO/c14-12-6-3-7-13(15)11(12)9-16-8-10-4-1-2-5-10/h3,6-7,10H,1-2,4-5,8-9,15H2. The van der Waals surface area contributed by atoms with Crippen LogP contribution in [0.15, 0.2) is 22.7 Å². The molecule has 0 aliphatic heterocycles. The highest BCUT2D eigenvalue weighted by atomic mass is 79.9. The van der Waals surface area contributed by atoms with Gasteiger partial charge in [0.1, 0.15) is 0 Å². The van der Waals surface area contributed by atoms with Gasteiger partial charge in [-0.2, -0.15) is 0 Å². The molecule has 3 heteroatoms. The molecule has 0 saturated heterocycles. The number of hydrogen-bond acceptors (Lipinski definition) is 2. The van der Waals surface area contributed by atoms with Gasteiger partial charge < -0.3 is 10.5 Å². The molecule has 2 N–H and O–H groups in total. The van der Waals surface area contributed by atoms with Crippen LogP contribution in [0, 0.1) is 5.92 Å². The molecule has 0 spiro atoms. The number of rotatable bonds is 4. The lowest BCUT2D eigenvalue weighted by Crippen LogP contribution is -2.06.